The van der Waals surface area contributed by atoms with E-state index in [-0.39, 0.29) is 5.56 Å². The van der Waals surface area contributed by atoms with Crippen LogP contribution in [0.2, 0.25) is 0 Å². The second-order valence-corrected chi connectivity index (χ2v) is 6.18. The third-order valence-electron chi connectivity index (χ3n) is 4.47. The van der Waals surface area contributed by atoms with E-state index in [1.807, 2.05) is 0 Å². The van der Waals surface area contributed by atoms with Crippen molar-refractivity contribution in [2.24, 2.45) is 0 Å². The summed E-state index contributed by atoms with van der Waals surface area (Å²) in [5, 5.41) is 7.04. The lowest BCUT2D eigenvalue weighted by molar-refractivity contribution is 0.865. The second kappa shape index (κ2) is 7.51. The van der Waals surface area contributed by atoms with Gasteiger partial charge in [-0.05, 0) is 38.0 Å². The van der Waals surface area contributed by atoms with Crippen LogP contribution in [0.3, 0.4) is 0 Å². The number of fused-ring (bicyclic) bond motifs is 1. The molecule has 0 radical (unpaired) electrons. The molecule has 2 N–H and O–H groups in total. The molecule has 0 spiro atoms. The molecule has 3 aromatic rings. The Labute approximate surface area is 147 Å². The number of aryl methyl sites for hydroxylation is 1. The van der Waals surface area contributed by atoms with Crippen LogP contribution in [0.1, 0.15) is 44.3 Å². The number of rotatable bonds is 7. The fraction of sp³-hybridized carbons (Fsp3) is 0.421. The van der Waals surface area contributed by atoms with Crippen molar-refractivity contribution in [1.29, 1.82) is 0 Å². The maximum Gasteiger partial charge on any atom is 0.279 e. The first-order valence-electron chi connectivity index (χ1n) is 8.96. The predicted octanol–water partition coefficient (Wildman–Crippen LogP) is 3.04. The molecular formula is C19H25N5O. The van der Waals surface area contributed by atoms with Gasteiger partial charge in [-0.25, -0.2) is 4.98 Å². The van der Waals surface area contributed by atoms with Crippen molar-refractivity contribution in [3.8, 4) is 0 Å². The maximum absolute atomic E-state index is 12.2. The Bertz CT molecular complexity index is 890. The van der Waals surface area contributed by atoms with Crippen molar-refractivity contribution in [3.63, 3.8) is 0 Å². The Kier molecular flexibility index (Phi) is 5.16. The van der Waals surface area contributed by atoms with Gasteiger partial charge in [-0.1, -0.05) is 25.5 Å². The first kappa shape index (κ1) is 17.2. The molecule has 0 bridgehead atoms. The van der Waals surface area contributed by atoms with Gasteiger partial charge in [-0.2, -0.15) is 5.10 Å². The number of aromatic amines is 2. The molecule has 0 aliphatic carbocycles. The summed E-state index contributed by atoms with van der Waals surface area (Å²) in [6.07, 6.45) is 2.42. The van der Waals surface area contributed by atoms with Crippen LogP contribution in [-0.4, -0.2) is 33.3 Å². The van der Waals surface area contributed by atoms with Crippen LogP contribution in [0.4, 0.5) is 5.69 Å². The van der Waals surface area contributed by atoms with E-state index in [0.29, 0.717) is 23.3 Å². The smallest absolute Gasteiger partial charge is 0.279 e. The normalized spacial score (nSPS) is 11.2. The summed E-state index contributed by atoms with van der Waals surface area (Å²) in [4.78, 5) is 22.0. The number of hydrogen-bond acceptors (Lipinski definition) is 4. The van der Waals surface area contributed by atoms with Crippen molar-refractivity contribution >= 4 is 16.7 Å². The second-order valence-electron chi connectivity index (χ2n) is 6.18. The molecule has 6 heteroatoms. The topological polar surface area (TPSA) is 77.7 Å². The molecule has 2 aromatic heterocycles. The average molecular weight is 339 g/mol. The summed E-state index contributed by atoms with van der Waals surface area (Å²) in [6.45, 7) is 8.38. The van der Waals surface area contributed by atoms with Gasteiger partial charge in [0.1, 0.15) is 11.3 Å². The van der Waals surface area contributed by atoms with Gasteiger partial charge in [0.15, 0.2) is 5.52 Å². The number of anilines is 1. The minimum absolute atomic E-state index is 0.182. The molecule has 0 aliphatic rings. The summed E-state index contributed by atoms with van der Waals surface area (Å²) < 4.78 is 0. The Morgan fingerprint density at radius 3 is 2.40 bits per heavy atom. The lowest BCUT2D eigenvalue weighted by atomic mass is 10.1. The van der Waals surface area contributed by atoms with E-state index < -0.39 is 0 Å². The van der Waals surface area contributed by atoms with Gasteiger partial charge in [-0.3, -0.25) is 9.89 Å². The van der Waals surface area contributed by atoms with Gasteiger partial charge in [0, 0.05) is 25.2 Å². The number of nitrogens with one attached hydrogen (secondary N) is 2. The number of hydrogen-bond donors (Lipinski definition) is 2. The molecule has 0 atom stereocenters. The molecule has 132 valence electrons. The molecular weight excluding hydrogens is 314 g/mol. The number of nitrogens with zero attached hydrogens (tertiary/aromatic N) is 3. The van der Waals surface area contributed by atoms with Crippen molar-refractivity contribution < 1.29 is 0 Å². The van der Waals surface area contributed by atoms with Crippen LogP contribution in [-0.2, 0) is 12.8 Å². The highest BCUT2D eigenvalue weighted by Crippen LogP contribution is 2.17. The molecule has 6 nitrogen and oxygen atoms in total. The van der Waals surface area contributed by atoms with E-state index in [1.165, 1.54) is 5.69 Å². The molecule has 0 fully saturated rings. The van der Waals surface area contributed by atoms with Gasteiger partial charge in [0.05, 0.1) is 5.69 Å². The fourth-order valence-corrected chi connectivity index (χ4v) is 3.12. The SMILES string of the molecule is CCCc1[nH]nc2c(=O)[nH]c(Cc3ccc(N(CC)CC)cc3)nc12. The zero-order chi connectivity index (χ0) is 17.8. The van der Waals surface area contributed by atoms with E-state index in [4.69, 9.17) is 0 Å². The van der Waals surface area contributed by atoms with Crippen molar-refractivity contribution in [1.82, 2.24) is 20.2 Å². The van der Waals surface area contributed by atoms with E-state index in [1.54, 1.807) is 0 Å². The predicted molar refractivity (Wildman–Crippen MR) is 101 cm³/mol. The highest BCUT2D eigenvalue weighted by atomic mass is 16.1. The van der Waals surface area contributed by atoms with E-state index in [2.05, 4.69) is 70.1 Å². The molecule has 0 saturated carbocycles. The zero-order valence-corrected chi connectivity index (χ0v) is 15.1. The van der Waals surface area contributed by atoms with Gasteiger partial charge < -0.3 is 9.88 Å². The summed E-state index contributed by atoms with van der Waals surface area (Å²) in [5.74, 6) is 0.673. The van der Waals surface area contributed by atoms with Crippen LogP contribution < -0.4 is 10.5 Å². The van der Waals surface area contributed by atoms with Crippen LogP contribution in [0.5, 0.6) is 0 Å². The molecule has 2 heterocycles. The van der Waals surface area contributed by atoms with Gasteiger partial charge in [0.25, 0.3) is 5.56 Å². The highest BCUT2D eigenvalue weighted by Gasteiger charge is 2.12. The molecule has 1 aromatic carbocycles. The largest absolute Gasteiger partial charge is 0.372 e. The lowest BCUT2D eigenvalue weighted by Gasteiger charge is -2.21. The average Bonchev–Trinajstić information content (AvgIpc) is 3.01. The first-order valence-corrected chi connectivity index (χ1v) is 8.96. The van der Waals surface area contributed by atoms with Crippen LogP contribution in [0.25, 0.3) is 11.0 Å². The third kappa shape index (κ3) is 3.57. The quantitative estimate of drug-likeness (QED) is 0.693. The molecule has 3 rings (SSSR count). The first-order chi connectivity index (χ1) is 12.2. The maximum atomic E-state index is 12.2. The summed E-state index contributed by atoms with van der Waals surface area (Å²) in [5.41, 5.74) is 4.18. The van der Waals surface area contributed by atoms with Gasteiger partial charge >= 0.3 is 0 Å². The Hall–Kier alpha value is -2.63. The highest BCUT2D eigenvalue weighted by molar-refractivity contribution is 5.75. The molecule has 0 unspecified atom stereocenters. The Balaban J connectivity index is 1.87. The Morgan fingerprint density at radius 2 is 1.76 bits per heavy atom. The van der Waals surface area contributed by atoms with Crippen molar-refractivity contribution in [2.45, 2.75) is 40.0 Å². The molecule has 0 saturated heterocycles. The van der Waals surface area contributed by atoms with E-state index >= 15 is 0 Å². The summed E-state index contributed by atoms with van der Waals surface area (Å²) in [6, 6.07) is 8.44. The summed E-state index contributed by atoms with van der Waals surface area (Å²) in [7, 11) is 0. The summed E-state index contributed by atoms with van der Waals surface area (Å²) >= 11 is 0. The van der Waals surface area contributed by atoms with Crippen molar-refractivity contribution in [2.75, 3.05) is 18.0 Å². The number of benzene rings is 1. The number of H-pyrrole nitrogens is 2. The molecule has 0 amide bonds. The number of aromatic nitrogens is 4. The third-order valence-corrected chi connectivity index (χ3v) is 4.47. The molecule has 0 aliphatic heterocycles. The lowest BCUT2D eigenvalue weighted by Crippen LogP contribution is -2.21. The monoisotopic (exact) mass is 339 g/mol. The molecule has 25 heavy (non-hydrogen) atoms. The van der Waals surface area contributed by atoms with Gasteiger partial charge in [0.2, 0.25) is 0 Å². The minimum Gasteiger partial charge on any atom is -0.372 e. The standard InChI is InChI=1S/C19H25N5O/c1-4-7-15-17-18(23-22-15)19(25)21-16(20-17)12-13-8-10-14(11-9-13)24(5-2)6-3/h8-11H,4-7,12H2,1-3H3,(H,22,23)(H,20,21,25). The van der Waals surface area contributed by atoms with Crippen LogP contribution >= 0.6 is 0 Å². The van der Waals surface area contributed by atoms with E-state index in [9.17, 15) is 4.79 Å². The van der Waals surface area contributed by atoms with Crippen LogP contribution in [0.15, 0.2) is 29.1 Å². The fourth-order valence-electron chi connectivity index (χ4n) is 3.12. The minimum atomic E-state index is -0.182. The van der Waals surface area contributed by atoms with E-state index in [0.717, 1.165) is 37.2 Å². The van der Waals surface area contributed by atoms with Gasteiger partial charge in [-0.15, -0.1) is 0 Å². The van der Waals surface area contributed by atoms with Crippen LogP contribution in [0, 0.1) is 0 Å². The Morgan fingerprint density at radius 1 is 1.04 bits per heavy atom. The van der Waals surface area contributed by atoms with Crippen molar-refractivity contribution in [3.05, 3.63) is 51.7 Å². The zero-order valence-electron chi connectivity index (χ0n) is 15.1.